The van der Waals surface area contributed by atoms with Crippen LogP contribution in [-0.4, -0.2) is 43.9 Å². The van der Waals surface area contributed by atoms with Gasteiger partial charge in [-0.2, -0.15) is 0 Å². The second kappa shape index (κ2) is 10.9. The third-order valence-corrected chi connectivity index (χ3v) is 6.62. The van der Waals surface area contributed by atoms with E-state index in [0.717, 1.165) is 37.5 Å². The number of aryl methyl sites for hydroxylation is 1. The maximum Gasteiger partial charge on any atom is 0.325 e. The van der Waals surface area contributed by atoms with E-state index in [-0.39, 0.29) is 24.8 Å². The summed E-state index contributed by atoms with van der Waals surface area (Å²) >= 11 is 1.18. The van der Waals surface area contributed by atoms with Crippen molar-refractivity contribution in [3.63, 3.8) is 0 Å². The van der Waals surface area contributed by atoms with Gasteiger partial charge in [-0.25, -0.2) is 22.9 Å². The fourth-order valence-corrected chi connectivity index (χ4v) is 4.62. The number of benzene rings is 1. The number of thiazole rings is 1. The van der Waals surface area contributed by atoms with Crippen molar-refractivity contribution in [3.8, 4) is 0 Å². The SMILES string of the molecule is Cc1ccc(NC(=O)Nc2nc(CNC(=O)CNS(C)(=O)=O)cs2)c(C(=O)C2CCCC2)c1. The summed E-state index contributed by atoms with van der Waals surface area (Å²) < 4.78 is 24.1. The van der Waals surface area contributed by atoms with E-state index < -0.39 is 22.0 Å². The molecule has 1 aliphatic rings. The summed E-state index contributed by atoms with van der Waals surface area (Å²) in [6, 6.07) is 4.84. The fourth-order valence-electron chi connectivity index (χ4n) is 3.52. The Kier molecular flexibility index (Phi) is 8.16. The molecule has 1 aromatic heterocycles. The van der Waals surface area contributed by atoms with Crippen LogP contribution in [0.4, 0.5) is 15.6 Å². The number of anilines is 2. The minimum absolute atomic E-state index is 0.000207. The first kappa shape index (κ1) is 24.8. The molecule has 0 radical (unpaired) electrons. The van der Waals surface area contributed by atoms with Crippen molar-refractivity contribution in [2.75, 3.05) is 23.4 Å². The van der Waals surface area contributed by atoms with Gasteiger partial charge in [-0.3, -0.25) is 14.9 Å². The quantitative estimate of drug-likeness (QED) is 0.395. The average molecular weight is 494 g/mol. The summed E-state index contributed by atoms with van der Waals surface area (Å²) in [5.41, 5.74) is 2.43. The largest absolute Gasteiger partial charge is 0.349 e. The van der Waals surface area contributed by atoms with E-state index in [2.05, 4.69) is 25.7 Å². The molecule has 0 bridgehead atoms. The zero-order valence-corrected chi connectivity index (χ0v) is 20.1. The average Bonchev–Trinajstić information content (AvgIpc) is 3.43. The van der Waals surface area contributed by atoms with E-state index in [0.29, 0.717) is 22.1 Å². The number of hydrogen-bond acceptors (Lipinski definition) is 7. The Morgan fingerprint density at radius 3 is 2.58 bits per heavy atom. The summed E-state index contributed by atoms with van der Waals surface area (Å²) in [5, 5.41) is 9.91. The highest BCUT2D eigenvalue weighted by Gasteiger charge is 2.26. The Hall–Kier alpha value is -2.83. The van der Waals surface area contributed by atoms with Crippen molar-refractivity contribution in [2.45, 2.75) is 39.2 Å². The second-order valence-corrected chi connectivity index (χ2v) is 10.7. The second-order valence-electron chi connectivity index (χ2n) is 7.99. The molecule has 1 saturated carbocycles. The standard InChI is InChI=1S/C21H27N5O5S2/c1-13-7-8-17(16(9-13)19(28)14-5-3-4-6-14)25-20(29)26-21-24-15(12-32-21)10-22-18(27)11-23-33(2,30)31/h7-9,12,14,23H,3-6,10-11H2,1-2H3,(H,22,27)(H2,24,25,26,29). The van der Waals surface area contributed by atoms with Gasteiger partial charge in [0.1, 0.15) is 0 Å². The number of carbonyl (C=O) groups is 3. The predicted molar refractivity (Wildman–Crippen MR) is 127 cm³/mol. The van der Waals surface area contributed by atoms with Crippen molar-refractivity contribution in [1.29, 1.82) is 0 Å². The van der Waals surface area contributed by atoms with E-state index in [1.807, 2.05) is 13.0 Å². The van der Waals surface area contributed by atoms with Gasteiger partial charge in [0, 0.05) is 16.9 Å². The lowest BCUT2D eigenvalue weighted by atomic mass is 9.94. The monoisotopic (exact) mass is 493 g/mol. The van der Waals surface area contributed by atoms with Gasteiger partial charge in [0.05, 0.1) is 30.7 Å². The van der Waals surface area contributed by atoms with Gasteiger partial charge in [0.2, 0.25) is 15.9 Å². The number of hydrogen-bond donors (Lipinski definition) is 4. The van der Waals surface area contributed by atoms with Crippen LogP contribution < -0.4 is 20.7 Å². The van der Waals surface area contributed by atoms with E-state index >= 15 is 0 Å². The molecule has 10 nitrogen and oxygen atoms in total. The molecule has 1 heterocycles. The number of nitrogens with one attached hydrogen (secondary N) is 4. The Morgan fingerprint density at radius 1 is 1.15 bits per heavy atom. The zero-order chi connectivity index (χ0) is 24.0. The lowest BCUT2D eigenvalue weighted by Crippen LogP contribution is -2.36. The van der Waals surface area contributed by atoms with Crippen LogP contribution in [0, 0.1) is 12.8 Å². The van der Waals surface area contributed by atoms with Crippen LogP contribution >= 0.6 is 11.3 Å². The molecule has 1 aliphatic carbocycles. The molecular weight excluding hydrogens is 466 g/mol. The minimum atomic E-state index is -3.45. The third-order valence-electron chi connectivity index (χ3n) is 5.15. The smallest absolute Gasteiger partial charge is 0.325 e. The molecule has 33 heavy (non-hydrogen) atoms. The Bertz CT molecular complexity index is 1140. The maximum absolute atomic E-state index is 12.9. The number of sulfonamides is 1. The molecule has 1 fully saturated rings. The highest BCUT2D eigenvalue weighted by Crippen LogP contribution is 2.31. The predicted octanol–water partition coefficient (Wildman–Crippen LogP) is 2.63. The van der Waals surface area contributed by atoms with Crippen LogP contribution in [0.3, 0.4) is 0 Å². The van der Waals surface area contributed by atoms with Gasteiger partial charge in [-0.15, -0.1) is 11.3 Å². The molecule has 1 aromatic carbocycles. The number of urea groups is 1. The van der Waals surface area contributed by atoms with Gasteiger partial charge in [-0.05, 0) is 31.9 Å². The van der Waals surface area contributed by atoms with E-state index in [1.54, 1.807) is 17.5 Å². The first-order valence-corrected chi connectivity index (χ1v) is 13.3. The molecule has 0 atom stereocenters. The molecule has 0 aliphatic heterocycles. The van der Waals surface area contributed by atoms with Crippen LogP contribution in [0.2, 0.25) is 0 Å². The van der Waals surface area contributed by atoms with Crippen molar-refractivity contribution in [1.82, 2.24) is 15.0 Å². The molecule has 4 N–H and O–H groups in total. The van der Waals surface area contributed by atoms with Crippen molar-refractivity contribution >= 4 is 49.9 Å². The van der Waals surface area contributed by atoms with Crippen LogP contribution in [-0.2, 0) is 21.4 Å². The highest BCUT2D eigenvalue weighted by molar-refractivity contribution is 7.88. The zero-order valence-electron chi connectivity index (χ0n) is 18.4. The molecule has 2 aromatic rings. The summed E-state index contributed by atoms with van der Waals surface area (Å²) in [7, 11) is -3.45. The summed E-state index contributed by atoms with van der Waals surface area (Å²) in [6.07, 6.45) is 4.81. The Balaban J connectivity index is 1.56. The Morgan fingerprint density at radius 2 is 1.88 bits per heavy atom. The Labute approximate surface area is 196 Å². The normalized spacial score (nSPS) is 14.1. The first-order valence-electron chi connectivity index (χ1n) is 10.5. The number of ketones is 1. The highest BCUT2D eigenvalue weighted by atomic mass is 32.2. The van der Waals surface area contributed by atoms with E-state index in [4.69, 9.17) is 0 Å². The number of nitrogens with zero attached hydrogens (tertiary/aromatic N) is 1. The maximum atomic E-state index is 12.9. The van der Waals surface area contributed by atoms with E-state index in [9.17, 15) is 22.8 Å². The van der Waals surface area contributed by atoms with Crippen LogP contribution in [0.25, 0.3) is 0 Å². The minimum Gasteiger partial charge on any atom is -0.349 e. The molecule has 12 heteroatoms. The summed E-state index contributed by atoms with van der Waals surface area (Å²) in [6.45, 7) is 1.62. The summed E-state index contributed by atoms with van der Waals surface area (Å²) in [5.74, 6) is -0.441. The van der Waals surface area contributed by atoms with Crippen LogP contribution in [0.5, 0.6) is 0 Å². The fraction of sp³-hybridized carbons (Fsp3) is 0.429. The molecule has 0 saturated heterocycles. The number of carbonyl (C=O) groups excluding carboxylic acids is 3. The lowest BCUT2D eigenvalue weighted by molar-refractivity contribution is -0.120. The lowest BCUT2D eigenvalue weighted by Gasteiger charge is -2.14. The first-order chi connectivity index (χ1) is 15.6. The van der Waals surface area contributed by atoms with Gasteiger partial charge >= 0.3 is 6.03 Å². The molecule has 0 unspecified atom stereocenters. The van der Waals surface area contributed by atoms with Crippen LogP contribution in [0.1, 0.15) is 47.3 Å². The van der Waals surface area contributed by atoms with Crippen LogP contribution in [0.15, 0.2) is 23.6 Å². The van der Waals surface area contributed by atoms with Crippen molar-refractivity contribution < 1.29 is 22.8 Å². The molecule has 0 spiro atoms. The molecule has 3 rings (SSSR count). The van der Waals surface area contributed by atoms with Gasteiger partial charge in [-0.1, -0.05) is 24.5 Å². The third kappa shape index (κ3) is 7.62. The van der Waals surface area contributed by atoms with Crippen molar-refractivity contribution in [2.24, 2.45) is 5.92 Å². The summed E-state index contributed by atoms with van der Waals surface area (Å²) in [4.78, 5) is 41.4. The van der Waals surface area contributed by atoms with Crippen molar-refractivity contribution in [3.05, 3.63) is 40.4 Å². The topological polar surface area (TPSA) is 146 Å². The number of aromatic nitrogens is 1. The number of amides is 3. The van der Waals surface area contributed by atoms with Gasteiger partial charge in [0.25, 0.3) is 0 Å². The van der Waals surface area contributed by atoms with Gasteiger partial charge < -0.3 is 10.6 Å². The number of rotatable bonds is 9. The van der Waals surface area contributed by atoms with Gasteiger partial charge in [0.15, 0.2) is 10.9 Å². The number of Topliss-reactive ketones (excluding diaryl/α,β-unsaturated/α-hetero) is 1. The molecule has 3 amide bonds. The molecule has 178 valence electrons. The molecular formula is C21H27N5O5S2. The van der Waals surface area contributed by atoms with E-state index in [1.165, 1.54) is 11.3 Å².